The lowest BCUT2D eigenvalue weighted by Gasteiger charge is -2.06. The van der Waals surface area contributed by atoms with Gasteiger partial charge in [-0.05, 0) is 18.6 Å². The lowest BCUT2D eigenvalue weighted by atomic mass is 10.1. The molecule has 0 aliphatic rings. The molecule has 9 heteroatoms. The molecule has 0 saturated heterocycles. The highest BCUT2D eigenvalue weighted by atomic mass is 32.2. The number of aromatic nitrogens is 2. The van der Waals surface area contributed by atoms with Crippen LogP contribution in [-0.4, -0.2) is 22.8 Å². The van der Waals surface area contributed by atoms with Gasteiger partial charge in [-0.1, -0.05) is 30.4 Å². The third kappa shape index (κ3) is 3.95. The predicted octanol–water partition coefficient (Wildman–Crippen LogP) is 1.42. The summed E-state index contributed by atoms with van der Waals surface area (Å²) >= 11 is 5.87. The molecule has 0 radical (unpaired) electrons. The smallest absolute Gasteiger partial charge is 0.238 e. The summed E-state index contributed by atoms with van der Waals surface area (Å²) < 4.78 is 30.4. The van der Waals surface area contributed by atoms with Gasteiger partial charge in [0.1, 0.15) is 10.8 Å². The molecular weight excluding hydrogens is 316 g/mol. The van der Waals surface area contributed by atoms with Crippen molar-refractivity contribution in [3.63, 3.8) is 0 Å². The average Bonchev–Trinajstić information content (AvgIpc) is 2.73. The van der Waals surface area contributed by atoms with E-state index in [2.05, 4.69) is 14.1 Å². The Morgan fingerprint density at radius 2 is 2.25 bits per heavy atom. The van der Waals surface area contributed by atoms with Gasteiger partial charge in [0, 0.05) is 17.1 Å². The van der Waals surface area contributed by atoms with Crippen molar-refractivity contribution in [1.82, 2.24) is 9.36 Å². The Hall–Kier alpha value is -1.58. The zero-order valence-electron chi connectivity index (χ0n) is 10.5. The van der Waals surface area contributed by atoms with E-state index in [1.807, 2.05) is 0 Å². The summed E-state index contributed by atoms with van der Waals surface area (Å²) in [6, 6.07) is 6.81. The highest BCUT2D eigenvalue weighted by molar-refractivity contribution is 7.92. The molecule has 2 rings (SSSR count). The molecule has 1 aromatic carbocycles. The zero-order valence-corrected chi connectivity index (χ0v) is 13.0. The standard InChI is InChI=1S/C11H12N4O2S3/c1-7-13-11(19-14-7)15-20(16,17)6-8-3-2-4-9(5-8)10(12)18/h2-5H,6H2,1H3,(H2,12,18)(H,13,14,15). The maximum atomic E-state index is 12.0. The molecule has 0 bridgehead atoms. The molecular formula is C11H12N4O2S3. The minimum atomic E-state index is -3.54. The lowest BCUT2D eigenvalue weighted by Crippen LogP contribution is -2.16. The van der Waals surface area contributed by atoms with Gasteiger partial charge in [0.15, 0.2) is 0 Å². The van der Waals surface area contributed by atoms with Crippen molar-refractivity contribution < 1.29 is 8.42 Å². The molecule has 0 fully saturated rings. The number of aryl methyl sites for hydroxylation is 1. The molecule has 3 N–H and O–H groups in total. The van der Waals surface area contributed by atoms with E-state index in [0.717, 1.165) is 11.5 Å². The van der Waals surface area contributed by atoms with E-state index >= 15 is 0 Å². The average molecular weight is 328 g/mol. The van der Waals surface area contributed by atoms with Gasteiger partial charge in [0.05, 0.1) is 5.75 Å². The van der Waals surface area contributed by atoms with Crippen LogP contribution in [0.15, 0.2) is 24.3 Å². The minimum absolute atomic E-state index is 0.178. The summed E-state index contributed by atoms with van der Waals surface area (Å²) in [4.78, 5) is 4.19. The van der Waals surface area contributed by atoms with E-state index in [9.17, 15) is 8.42 Å². The van der Waals surface area contributed by atoms with Crippen molar-refractivity contribution in [1.29, 1.82) is 0 Å². The largest absolute Gasteiger partial charge is 0.389 e. The number of nitrogens with zero attached hydrogens (tertiary/aromatic N) is 2. The molecule has 0 saturated carbocycles. The Labute approximate surface area is 126 Å². The van der Waals surface area contributed by atoms with Crippen LogP contribution in [0.4, 0.5) is 5.13 Å². The lowest BCUT2D eigenvalue weighted by molar-refractivity contribution is 0.600. The van der Waals surface area contributed by atoms with Crippen LogP contribution in [0.25, 0.3) is 0 Å². The van der Waals surface area contributed by atoms with E-state index in [4.69, 9.17) is 18.0 Å². The van der Waals surface area contributed by atoms with Gasteiger partial charge in [-0.25, -0.2) is 13.4 Å². The Morgan fingerprint density at radius 3 is 2.85 bits per heavy atom. The van der Waals surface area contributed by atoms with Crippen molar-refractivity contribution in [3.05, 3.63) is 41.2 Å². The Bertz CT molecular complexity index is 740. The van der Waals surface area contributed by atoms with Crippen molar-refractivity contribution in [2.45, 2.75) is 12.7 Å². The van der Waals surface area contributed by atoms with Crippen LogP contribution in [0, 0.1) is 6.92 Å². The van der Waals surface area contributed by atoms with Crippen LogP contribution in [-0.2, 0) is 15.8 Å². The molecule has 0 atom stereocenters. The van der Waals surface area contributed by atoms with Gasteiger partial charge in [-0.3, -0.25) is 4.72 Å². The second-order valence-corrected chi connectivity index (χ2v) is 6.99. The highest BCUT2D eigenvalue weighted by Gasteiger charge is 2.14. The number of nitrogens with two attached hydrogens (primary N) is 1. The monoisotopic (exact) mass is 328 g/mol. The van der Waals surface area contributed by atoms with Gasteiger partial charge >= 0.3 is 0 Å². The maximum Gasteiger partial charge on any atom is 0.238 e. The van der Waals surface area contributed by atoms with Crippen molar-refractivity contribution in [3.8, 4) is 0 Å². The van der Waals surface area contributed by atoms with Gasteiger partial charge in [-0.2, -0.15) is 4.37 Å². The second kappa shape index (κ2) is 5.81. The molecule has 0 spiro atoms. The molecule has 106 valence electrons. The molecule has 0 amide bonds. The Balaban J connectivity index is 2.15. The summed E-state index contributed by atoms with van der Waals surface area (Å²) in [6.45, 7) is 1.69. The van der Waals surface area contributed by atoms with Crippen molar-refractivity contribution in [2.75, 3.05) is 4.72 Å². The number of rotatable bonds is 5. The molecule has 0 aliphatic heterocycles. The fraction of sp³-hybridized carbons (Fsp3) is 0.182. The molecule has 0 aliphatic carbocycles. The first-order chi connectivity index (χ1) is 9.35. The summed E-state index contributed by atoms with van der Waals surface area (Å²) in [6.07, 6.45) is 0. The van der Waals surface area contributed by atoms with Crippen LogP contribution in [0.3, 0.4) is 0 Å². The normalized spacial score (nSPS) is 11.2. The second-order valence-electron chi connectivity index (χ2n) is 4.07. The van der Waals surface area contributed by atoms with Crippen molar-refractivity contribution in [2.24, 2.45) is 5.73 Å². The first kappa shape index (κ1) is 14.8. The molecule has 20 heavy (non-hydrogen) atoms. The summed E-state index contributed by atoms with van der Waals surface area (Å²) in [5, 5.41) is 0.257. The first-order valence-electron chi connectivity index (χ1n) is 5.55. The van der Waals surface area contributed by atoms with Crippen LogP contribution in [0.2, 0.25) is 0 Å². The van der Waals surface area contributed by atoms with Gasteiger partial charge in [-0.15, -0.1) is 0 Å². The fourth-order valence-electron chi connectivity index (χ4n) is 1.54. The molecule has 0 unspecified atom stereocenters. The number of anilines is 1. The van der Waals surface area contributed by atoms with E-state index in [1.165, 1.54) is 0 Å². The molecule has 6 nitrogen and oxygen atoms in total. The number of hydrogen-bond acceptors (Lipinski definition) is 6. The van der Waals surface area contributed by atoms with E-state index in [1.54, 1.807) is 31.2 Å². The maximum absolute atomic E-state index is 12.0. The van der Waals surface area contributed by atoms with Crippen LogP contribution < -0.4 is 10.5 Å². The fourth-order valence-corrected chi connectivity index (χ4v) is 3.63. The SMILES string of the molecule is Cc1nsc(NS(=O)(=O)Cc2cccc(C(N)=S)c2)n1. The van der Waals surface area contributed by atoms with E-state index < -0.39 is 10.0 Å². The third-order valence-corrected chi connectivity index (χ3v) is 4.64. The molecule has 1 heterocycles. The van der Waals surface area contributed by atoms with Crippen LogP contribution in [0.5, 0.6) is 0 Å². The third-order valence-electron chi connectivity index (χ3n) is 2.34. The number of thiocarbonyl (C=S) groups is 1. The minimum Gasteiger partial charge on any atom is -0.389 e. The number of benzene rings is 1. The quantitative estimate of drug-likeness (QED) is 0.806. The number of hydrogen-bond donors (Lipinski definition) is 2. The van der Waals surface area contributed by atoms with Crippen LogP contribution in [0.1, 0.15) is 17.0 Å². The zero-order chi connectivity index (χ0) is 14.8. The van der Waals surface area contributed by atoms with Gasteiger partial charge in [0.2, 0.25) is 15.2 Å². The van der Waals surface area contributed by atoms with Gasteiger partial charge in [0.25, 0.3) is 0 Å². The van der Waals surface area contributed by atoms with Gasteiger partial charge < -0.3 is 5.73 Å². The van der Waals surface area contributed by atoms with E-state index in [0.29, 0.717) is 17.0 Å². The first-order valence-corrected chi connectivity index (χ1v) is 8.39. The molecule has 1 aromatic heterocycles. The predicted molar refractivity (Wildman–Crippen MR) is 83.2 cm³/mol. The Morgan fingerprint density at radius 1 is 1.50 bits per heavy atom. The number of sulfonamides is 1. The van der Waals surface area contributed by atoms with E-state index in [-0.39, 0.29) is 15.9 Å². The number of nitrogens with one attached hydrogen (secondary N) is 1. The summed E-state index contributed by atoms with van der Waals surface area (Å²) in [7, 11) is -3.54. The highest BCUT2D eigenvalue weighted by Crippen LogP contribution is 2.15. The van der Waals surface area contributed by atoms with Crippen molar-refractivity contribution >= 4 is 43.9 Å². The summed E-state index contributed by atoms with van der Waals surface area (Å²) in [5.74, 6) is 0.352. The summed E-state index contributed by atoms with van der Waals surface area (Å²) in [5.41, 5.74) is 6.76. The molecule has 2 aromatic rings. The topological polar surface area (TPSA) is 98.0 Å². The Kier molecular flexibility index (Phi) is 4.31. The van der Waals surface area contributed by atoms with Crippen LogP contribution >= 0.6 is 23.8 Å².